The third-order valence-electron chi connectivity index (χ3n) is 5.83. The molecule has 6 nitrogen and oxygen atoms in total. The number of nitrogens with one attached hydrogen (secondary N) is 1. The van der Waals surface area contributed by atoms with Gasteiger partial charge in [0.1, 0.15) is 12.3 Å². The highest BCUT2D eigenvalue weighted by Crippen LogP contribution is 2.16. The maximum Gasteiger partial charge on any atom is 0.227 e. The Morgan fingerprint density at radius 3 is 2.41 bits per heavy atom. The summed E-state index contributed by atoms with van der Waals surface area (Å²) >= 11 is 0. The molecule has 0 saturated carbocycles. The highest BCUT2D eigenvalue weighted by atomic mass is 16.5. The van der Waals surface area contributed by atoms with Crippen LogP contribution in [0.5, 0.6) is 5.75 Å². The number of carbonyl (C=O) groups excluding carboxylic acids is 1. The predicted molar refractivity (Wildman–Crippen MR) is 114 cm³/mol. The molecule has 1 saturated heterocycles. The molecule has 1 N–H and O–H groups in total. The fourth-order valence-corrected chi connectivity index (χ4v) is 4.06. The molecule has 0 unspecified atom stereocenters. The molecule has 0 atom stereocenters. The van der Waals surface area contributed by atoms with Crippen LogP contribution >= 0.6 is 0 Å². The number of nitrogens with zero attached hydrogens (tertiary/aromatic N) is 3. The van der Waals surface area contributed by atoms with Crippen LogP contribution in [0.2, 0.25) is 0 Å². The van der Waals surface area contributed by atoms with Gasteiger partial charge < -0.3 is 14.5 Å². The molecule has 1 aromatic carbocycles. The summed E-state index contributed by atoms with van der Waals surface area (Å²) in [7, 11) is 1.69. The van der Waals surface area contributed by atoms with Gasteiger partial charge in [-0.15, -0.1) is 0 Å². The first-order valence-electron chi connectivity index (χ1n) is 10.6. The standard InChI is InChI=1S/C23H34N4O2/c1-17(2)15-27-19(4)22(18(3)24-27)14-23(28)26-12-10-25(11-13-26)16-20-6-8-21(29-5)9-7-20/h6-9,17H,10-16H2,1-5H3/p+1. The van der Waals surface area contributed by atoms with Gasteiger partial charge in [0.15, 0.2) is 0 Å². The van der Waals surface area contributed by atoms with Crippen molar-refractivity contribution in [3.8, 4) is 5.75 Å². The third-order valence-corrected chi connectivity index (χ3v) is 5.83. The van der Waals surface area contributed by atoms with E-state index in [4.69, 9.17) is 4.74 Å². The lowest BCUT2D eigenvalue weighted by atomic mass is 10.1. The molecule has 3 rings (SSSR count). The van der Waals surface area contributed by atoms with Crippen LogP contribution in [0.15, 0.2) is 24.3 Å². The number of rotatable bonds is 7. The van der Waals surface area contributed by atoms with E-state index in [1.54, 1.807) is 7.11 Å². The SMILES string of the molecule is COc1ccc(C[NH+]2CCN(C(=O)Cc3c(C)nn(CC(C)C)c3C)CC2)cc1. The Balaban J connectivity index is 1.53. The summed E-state index contributed by atoms with van der Waals surface area (Å²) < 4.78 is 7.28. The van der Waals surface area contributed by atoms with Crippen LogP contribution in [0.3, 0.4) is 0 Å². The number of ether oxygens (including phenoxy) is 1. The first kappa shape index (κ1) is 21.4. The van der Waals surface area contributed by atoms with Crippen molar-refractivity contribution in [2.24, 2.45) is 5.92 Å². The highest BCUT2D eigenvalue weighted by Gasteiger charge is 2.25. The molecule has 1 aliphatic heterocycles. The number of piperazine rings is 1. The van der Waals surface area contributed by atoms with E-state index < -0.39 is 0 Å². The van der Waals surface area contributed by atoms with Crippen molar-refractivity contribution in [3.63, 3.8) is 0 Å². The van der Waals surface area contributed by atoms with Crippen molar-refractivity contribution >= 4 is 5.91 Å². The van der Waals surface area contributed by atoms with E-state index >= 15 is 0 Å². The molecule has 1 amide bonds. The number of hydrogen-bond donors (Lipinski definition) is 1. The maximum atomic E-state index is 12.9. The van der Waals surface area contributed by atoms with E-state index in [0.29, 0.717) is 12.3 Å². The molecule has 2 aromatic rings. The van der Waals surface area contributed by atoms with Gasteiger partial charge in [0.2, 0.25) is 5.91 Å². The van der Waals surface area contributed by atoms with E-state index in [0.717, 1.165) is 62.0 Å². The van der Waals surface area contributed by atoms with Crippen LogP contribution in [0, 0.1) is 19.8 Å². The molecular formula is C23H35N4O2+. The summed E-state index contributed by atoms with van der Waals surface area (Å²) in [6.07, 6.45) is 0.462. The van der Waals surface area contributed by atoms with Gasteiger partial charge in [-0.3, -0.25) is 9.48 Å². The van der Waals surface area contributed by atoms with E-state index in [1.165, 1.54) is 10.5 Å². The molecule has 0 aliphatic carbocycles. The first-order valence-corrected chi connectivity index (χ1v) is 10.6. The van der Waals surface area contributed by atoms with Crippen molar-refractivity contribution in [3.05, 3.63) is 46.8 Å². The average molecular weight is 400 g/mol. The number of carbonyl (C=O) groups is 1. The normalized spacial score (nSPS) is 15.2. The molecule has 6 heteroatoms. The predicted octanol–water partition coefficient (Wildman–Crippen LogP) is 1.63. The molecule has 0 radical (unpaired) electrons. The van der Waals surface area contributed by atoms with Crippen molar-refractivity contribution < 1.29 is 14.4 Å². The molecule has 0 spiro atoms. The average Bonchev–Trinajstić information content (AvgIpc) is 2.96. The number of quaternary nitrogens is 1. The molecule has 1 aliphatic rings. The lowest BCUT2D eigenvalue weighted by Crippen LogP contribution is -3.13. The van der Waals surface area contributed by atoms with Gasteiger partial charge in [0, 0.05) is 23.4 Å². The lowest BCUT2D eigenvalue weighted by molar-refractivity contribution is -0.917. The molecule has 29 heavy (non-hydrogen) atoms. The lowest BCUT2D eigenvalue weighted by Gasteiger charge is -2.32. The fraction of sp³-hybridized carbons (Fsp3) is 0.565. The minimum absolute atomic E-state index is 0.226. The zero-order valence-electron chi connectivity index (χ0n) is 18.5. The van der Waals surface area contributed by atoms with Crippen LogP contribution in [0.1, 0.15) is 36.4 Å². The topological polar surface area (TPSA) is 51.8 Å². The second-order valence-electron chi connectivity index (χ2n) is 8.56. The van der Waals surface area contributed by atoms with Crippen LogP contribution in [0.25, 0.3) is 0 Å². The summed E-state index contributed by atoms with van der Waals surface area (Å²) in [4.78, 5) is 16.5. The second kappa shape index (κ2) is 9.44. The van der Waals surface area contributed by atoms with E-state index in [1.807, 2.05) is 24.0 Å². The van der Waals surface area contributed by atoms with Crippen LogP contribution < -0.4 is 9.64 Å². The highest BCUT2D eigenvalue weighted by molar-refractivity contribution is 5.79. The monoisotopic (exact) mass is 399 g/mol. The summed E-state index contributed by atoms with van der Waals surface area (Å²) in [6.45, 7) is 14.0. The number of benzene rings is 1. The Kier molecular flexibility index (Phi) is 6.96. The first-order chi connectivity index (χ1) is 13.9. The second-order valence-corrected chi connectivity index (χ2v) is 8.56. The smallest absolute Gasteiger partial charge is 0.227 e. The van der Waals surface area contributed by atoms with Gasteiger partial charge in [-0.2, -0.15) is 5.10 Å². The van der Waals surface area contributed by atoms with Crippen molar-refractivity contribution in [1.29, 1.82) is 0 Å². The maximum absolute atomic E-state index is 12.9. The van der Waals surface area contributed by atoms with Crippen LogP contribution in [0.4, 0.5) is 0 Å². The minimum Gasteiger partial charge on any atom is -0.497 e. The van der Waals surface area contributed by atoms with Crippen molar-refractivity contribution in [2.45, 2.75) is 47.2 Å². The molecule has 0 bridgehead atoms. The zero-order valence-corrected chi connectivity index (χ0v) is 18.5. The summed E-state index contributed by atoms with van der Waals surface area (Å²) in [5.41, 5.74) is 4.53. The van der Waals surface area contributed by atoms with Gasteiger partial charge in [-0.25, -0.2) is 0 Å². The summed E-state index contributed by atoms with van der Waals surface area (Å²) in [6, 6.07) is 8.28. The molecule has 158 valence electrons. The van der Waals surface area contributed by atoms with Gasteiger partial charge in [-0.05, 0) is 44.0 Å². The Bertz CT molecular complexity index is 818. The Morgan fingerprint density at radius 2 is 1.83 bits per heavy atom. The van der Waals surface area contributed by atoms with Gasteiger partial charge in [0.25, 0.3) is 0 Å². The quantitative estimate of drug-likeness (QED) is 0.770. The number of amides is 1. The number of hydrogen-bond acceptors (Lipinski definition) is 3. The summed E-state index contributed by atoms with van der Waals surface area (Å²) in [5.74, 6) is 1.66. The summed E-state index contributed by atoms with van der Waals surface area (Å²) in [5, 5.41) is 4.65. The number of aromatic nitrogens is 2. The van der Waals surface area contributed by atoms with Crippen LogP contribution in [-0.4, -0.2) is 53.9 Å². The van der Waals surface area contributed by atoms with Gasteiger partial charge in [-0.1, -0.05) is 13.8 Å². The number of methoxy groups -OCH3 is 1. The third kappa shape index (κ3) is 5.38. The molecule has 2 heterocycles. The van der Waals surface area contributed by atoms with Crippen molar-refractivity contribution in [1.82, 2.24) is 14.7 Å². The number of aryl methyl sites for hydroxylation is 1. The molecule has 1 aromatic heterocycles. The fourth-order valence-electron chi connectivity index (χ4n) is 4.06. The van der Waals surface area contributed by atoms with E-state index in [-0.39, 0.29) is 5.91 Å². The van der Waals surface area contributed by atoms with Crippen LogP contribution in [-0.2, 0) is 24.3 Å². The molecule has 1 fully saturated rings. The Labute approximate surface area is 174 Å². The minimum atomic E-state index is 0.226. The van der Waals surface area contributed by atoms with Gasteiger partial charge >= 0.3 is 0 Å². The zero-order chi connectivity index (χ0) is 21.0. The van der Waals surface area contributed by atoms with Crippen molar-refractivity contribution in [2.75, 3.05) is 33.3 Å². The van der Waals surface area contributed by atoms with E-state index in [2.05, 4.69) is 42.7 Å². The molecular weight excluding hydrogens is 364 g/mol. The Hall–Kier alpha value is -2.34. The van der Waals surface area contributed by atoms with E-state index in [9.17, 15) is 4.79 Å². The van der Waals surface area contributed by atoms with Gasteiger partial charge in [0.05, 0.1) is 45.4 Å². The largest absolute Gasteiger partial charge is 0.497 e. The Morgan fingerprint density at radius 1 is 1.17 bits per heavy atom.